The highest BCUT2D eigenvalue weighted by atomic mass is 19.1. The number of nitrogens with two attached hydrogens (primary N) is 1. The molecule has 1 heterocycles. The van der Waals surface area contributed by atoms with Crippen molar-refractivity contribution in [3.8, 4) is 0 Å². The monoisotopic (exact) mass is 292 g/mol. The van der Waals surface area contributed by atoms with E-state index in [1.165, 1.54) is 18.6 Å². The van der Waals surface area contributed by atoms with E-state index in [0.29, 0.717) is 24.4 Å². The predicted molar refractivity (Wildman–Crippen MR) is 86.7 cm³/mol. The van der Waals surface area contributed by atoms with Gasteiger partial charge in [-0.05, 0) is 56.2 Å². The van der Waals surface area contributed by atoms with Crippen LogP contribution in [0.25, 0.3) is 0 Å². The molecule has 1 saturated heterocycles. The molecule has 1 aromatic carbocycles. The van der Waals surface area contributed by atoms with Crippen molar-refractivity contribution >= 4 is 0 Å². The molecular formula is C18H29FN2. The van der Waals surface area contributed by atoms with Gasteiger partial charge < -0.3 is 5.73 Å². The van der Waals surface area contributed by atoms with E-state index in [1.807, 2.05) is 12.1 Å². The van der Waals surface area contributed by atoms with Crippen molar-refractivity contribution in [1.82, 2.24) is 4.90 Å². The molecule has 1 aliphatic heterocycles. The summed E-state index contributed by atoms with van der Waals surface area (Å²) < 4.78 is 13.1. The van der Waals surface area contributed by atoms with Crippen LogP contribution in [-0.4, -0.2) is 29.6 Å². The molecule has 4 atom stereocenters. The lowest BCUT2D eigenvalue weighted by atomic mass is 9.80. The maximum absolute atomic E-state index is 13.1. The van der Waals surface area contributed by atoms with Crippen LogP contribution < -0.4 is 5.73 Å². The average Bonchev–Trinajstić information content (AvgIpc) is 2.45. The van der Waals surface area contributed by atoms with Gasteiger partial charge in [0.2, 0.25) is 0 Å². The lowest BCUT2D eigenvalue weighted by molar-refractivity contribution is -0.00689. The van der Waals surface area contributed by atoms with Crippen molar-refractivity contribution in [3.63, 3.8) is 0 Å². The molecule has 3 heteroatoms. The molecule has 0 aromatic heterocycles. The summed E-state index contributed by atoms with van der Waals surface area (Å²) in [6, 6.07) is 7.37. The molecule has 2 nitrogen and oxygen atoms in total. The Kier molecular flexibility index (Phi) is 5.05. The summed E-state index contributed by atoms with van der Waals surface area (Å²) in [6.45, 7) is 10.9. The van der Waals surface area contributed by atoms with Crippen molar-refractivity contribution in [2.45, 2.75) is 52.1 Å². The molecule has 0 bridgehead atoms. The largest absolute Gasteiger partial charge is 0.329 e. The first kappa shape index (κ1) is 16.4. The quantitative estimate of drug-likeness (QED) is 0.921. The van der Waals surface area contributed by atoms with Crippen LogP contribution in [0.3, 0.4) is 0 Å². The first-order chi connectivity index (χ1) is 9.85. The van der Waals surface area contributed by atoms with Crippen LogP contribution >= 0.6 is 0 Å². The highest BCUT2D eigenvalue weighted by molar-refractivity contribution is 5.19. The Balaban J connectivity index is 2.20. The van der Waals surface area contributed by atoms with Crippen LogP contribution in [0.15, 0.2) is 24.3 Å². The molecule has 1 fully saturated rings. The predicted octanol–water partition coefficient (Wildman–Crippen LogP) is 3.45. The minimum Gasteiger partial charge on any atom is -0.329 e. The number of rotatable bonds is 4. The number of hydrogen-bond donors (Lipinski definition) is 1. The van der Waals surface area contributed by atoms with Crippen LogP contribution in [0, 0.1) is 17.7 Å². The van der Waals surface area contributed by atoms with Gasteiger partial charge in [0, 0.05) is 24.7 Å². The maximum atomic E-state index is 13.1. The van der Waals surface area contributed by atoms with E-state index in [-0.39, 0.29) is 11.4 Å². The fourth-order valence-electron chi connectivity index (χ4n) is 3.76. The minimum atomic E-state index is -0.179. The molecule has 0 saturated carbocycles. The molecule has 0 spiro atoms. The normalized spacial score (nSPS) is 30.1. The van der Waals surface area contributed by atoms with Gasteiger partial charge in [-0.3, -0.25) is 4.90 Å². The lowest BCUT2D eigenvalue weighted by Crippen LogP contribution is -2.61. The number of piperidine rings is 1. The Hall–Kier alpha value is -0.930. The van der Waals surface area contributed by atoms with Gasteiger partial charge >= 0.3 is 0 Å². The van der Waals surface area contributed by atoms with Gasteiger partial charge in [-0.15, -0.1) is 0 Å². The average molecular weight is 292 g/mol. The van der Waals surface area contributed by atoms with E-state index in [4.69, 9.17) is 5.73 Å². The second kappa shape index (κ2) is 6.45. The molecule has 2 rings (SSSR count). The number of nitrogens with zero attached hydrogens (tertiary/aromatic N) is 1. The fraction of sp³-hybridized carbons (Fsp3) is 0.667. The summed E-state index contributed by atoms with van der Waals surface area (Å²) >= 11 is 0. The van der Waals surface area contributed by atoms with Crippen molar-refractivity contribution in [1.29, 1.82) is 0 Å². The van der Waals surface area contributed by atoms with E-state index >= 15 is 0 Å². The summed E-state index contributed by atoms with van der Waals surface area (Å²) in [7, 11) is 0. The van der Waals surface area contributed by atoms with E-state index in [2.05, 4.69) is 32.6 Å². The topological polar surface area (TPSA) is 29.3 Å². The van der Waals surface area contributed by atoms with Gasteiger partial charge in [-0.25, -0.2) is 4.39 Å². The Morgan fingerprint density at radius 1 is 1.24 bits per heavy atom. The molecule has 4 unspecified atom stereocenters. The van der Waals surface area contributed by atoms with Crippen LogP contribution in [0.4, 0.5) is 4.39 Å². The Morgan fingerprint density at radius 3 is 2.43 bits per heavy atom. The van der Waals surface area contributed by atoms with Crippen molar-refractivity contribution in [2.75, 3.05) is 13.1 Å². The Morgan fingerprint density at radius 2 is 1.86 bits per heavy atom. The first-order valence-electron chi connectivity index (χ1n) is 8.07. The van der Waals surface area contributed by atoms with Crippen LogP contribution in [0.2, 0.25) is 0 Å². The molecule has 2 N–H and O–H groups in total. The van der Waals surface area contributed by atoms with Gasteiger partial charge in [-0.2, -0.15) is 0 Å². The standard InChI is InChI=1S/C18H29FN2/c1-13-9-14(2)15(3)21(11-13)18(4,12-20)10-16-5-7-17(19)8-6-16/h5-8,13-15H,9-12,20H2,1-4H3. The number of hydrogen-bond acceptors (Lipinski definition) is 2. The summed E-state index contributed by atoms with van der Waals surface area (Å²) in [4.78, 5) is 2.58. The highest BCUT2D eigenvalue weighted by Gasteiger charge is 2.39. The van der Waals surface area contributed by atoms with Crippen molar-refractivity contribution < 1.29 is 4.39 Å². The van der Waals surface area contributed by atoms with Crippen molar-refractivity contribution in [3.05, 3.63) is 35.6 Å². The third kappa shape index (κ3) is 3.64. The number of likely N-dealkylation sites (tertiary alicyclic amines) is 1. The van der Waals surface area contributed by atoms with Gasteiger partial charge in [0.15, 0.2) is 0 Å². The van der Waals surface area contributed by atoms with E-state index in [1.54, 1.807) is 0 Å². The second-order valence-corrected chi connectivity index (χ2v) is 7.22. The summed E-state index contributed by atoms with van der Waals surface area (Å²) in [5, 5.41) is 0. The zero-order chi connectivity index (χ0) is 15.6. The molecular weight excluding hydrogens is 263 g/mol. The fourth-order valence-corrected chi connectivity index (χ4v) is 3.76. The summed E-state index contributed by atoms with van der Waals surface area (Å²) in [5.41, 5.74) is 7.24. The SMILES string of the molecule is CC1CC(C)C(C)N(C(C)(CN)Cc2ccc(F)cc2)C1. The highest BCUT2D eigenvalue weighted by Crippen LogP contribution is 2.33. The molecule has 118 valence electrons. The molecule has 0 radical (unpaired) electrons. The minimum absolute atomic E-state index is 0.0693. The molecule has 1 aromatic rings. The smallest absolute Gasteiger partial charge is 0.123 e. The number of halogens is 1. The van der Waals surface area contributed by atoms with Crippen LogP contribution in [0.1, 0.15) is 39.7 Å². The van der Waals surface area contributed by atoms with E-state index < -0.39 is 0 Å². The van der Waals surface area contributed by atoms with Gasteiger partial charge in [0.1, 0.15) is 5.82 Å². The zero-order valence-corrected chi connectivity index (χ0v) is 13.8. The summed E-state index contributed by atoms with van der Waals surface area (Å²) in [6.07, 6.45) is 2.16. The molecule has 21 heavy (non-hydrogen) atoms. The second-order valence-electron chi connectivity index (χ2n) is 7.22. The molecule has 0 aliphatic carbocycles. The van der Waals surface area contributed by atoms with Crippen molar-refractivity contribution in [2.24, 2.45) is 17.6 Å². The van der Waals surface area contributed by atoms with Gasteiger partial charge in [0.05, 0.1) is 0 Å². The number of benzene rings is 1. The maximum Gasteiger partial charge on any atom is 0.123 e. The third-order valence-electron chi connectivity index (χ3n) is 5.23. The molecule has 1 aliphatic rings. The summed E-state index contributed by atoms with van der Waals surface area (Å²) in [5.74, 6) is 1.21. The van der Waals surface area contributed by atoms with E-state index in [0.717, 1.165) is 18.5 Å². The van der Waals surface area contributed by atoms with Crippen LogP contribution in [-0.2, 0) is 6.42 Å². The van der Waals surface area contributed by atoms with Gasteiger partial charge in [0.25, 0.3) is 0 Å². The Labute approximate surface area is 128 Å². The first-order valence-corrected chi connectivity index (χ1v) is 8.07. The van der Waals surface area contributed by atoms with E-state index in [9.17, 15) is 4.39 Å². The zero-order valence-electron chi connectivity index (χ0n) is 13.8. The molecule has 0 amide bonds. The third-order valence-corrected chi connectivity index (χ3v) is 5.23. The lowest BCUT2D eigenvalue weighted by Gasteiger charge is -2.51. The van der Waals surface area contributed by atoms with Crippen LogP contribution in [0.5, 0.6) is 0 Å². The van der Waals surface area contributed by atoms with Gasteiger partial charge in [-0.1, -0.05) is 26.0 Å². The Bertz CT molecular complexity index is 459.